The van der Waals surface area contributed by atoms with Crippen molar-refractivity contribution in [3.8, 4) is 0 Å². The zero-order valence-corrected chi connectivity index (χ0v) is 21.2. The molecular weight excluding hydrogens is 414 g/mol. The minimum atomic E-state index is -0.902. The highest BCUT2D eigenvalue weighted by Gasteiger charge is 2.28. The zero-order chi connectivity index (χ0) is 25.4. The lowest BCUT2D eigenvalue weighted by molar-refractivity contribution is -0.137. The van der Waals surface area contributed by atoms with Crippen LogP contribution in [-0.4, -0.2) is 51.2 Å². The Balaban J connectivity index is 4.50. The molecular formula is C23H43N3O6. The summed E-state index contributed by atoms with van der Waals surface area (Å²) >= 11 is 0. The summed E-state index contributed by atoms with van der Waals surface area (Å²) in [5.74, 6) is -1.26. The van der Waals surface area contributed by atoms with Crippen molar-refractivity contribution in [2.45, 2.75) is 123 Å². The molecule has 0 saturated heterocycles. The molecule has 186 valence electrons. The average Bonchev–Trinajstić information content (AvgIpc) is 2.54. The average molecular weight is 458 g/mol. The van der Waals surface area contributed by atoms with Crippen molar-refractivity contribution in [2.24, 2.45) is 0 Å². The summed E-state index contributed by atoms with van der Waals surface area (Å²) in [7, 11) is 0. The summed E-state index contributed by atoms with van der Waals surface area (Å²) in [5, 5.41) is 17.4. The van der Waals surface area contributed by atoms with Crippen LogP contribution in [0.4, 0.5) is 4.79 Å². The Labute approximate surface area is 192 Å². The normalized spacial score (nSPS) is 12.7. The molecule has 0 aromatic carbocycles. The van der Waals surface area contributed by atoms with Crippen LogP contribution in [0.25, 0.3) is 0 Å². The number of carboxylic acids is 1. The first-order valence-corrected chi connectivity index (χ1v) is 11.1. The van der Waals surface area contributed by atoms with E-state index in [0.29, 0.717) is 19.3 Å². The quantitative estimate of drug-likeness (QED) is 0.354. The number of carboxylic acid groups (broad SMARTS) is 1. The van der Waals surface area contributed by atoms with Crippen LogP contribution in [0.2, 0.25) is 0 Å². The largest absolute Gasteiger partial charge is 0.481 e. The molecule has 3 amide bonds. The van der Waals surface area contributed by atoms with Crippen molar-refractivity contribution in [3.05, 3.63) is 0 Å². The highest BCUT2D eigenvalue weighted by molar-refractivity contribution is 5.78. The second-order valence-electron chi connectivity index (χ2n) is 11.3. The Bertz CT molecular complexity index is 678. The number of rotatable bonds is 12. The molecule has 0 aliphatic heterocycles. The number of amides is 3. The summed E-state index contributed by atoms with van der Waals surface area (Å²) in [6.07, 6.45) is 1.05. The van der Waals surface area contributed by atoms with E-state index in [4.69, 9.17) is 9.84 Å². The fourth-order valence-electron chi connectivity index (χ4n) is 2.92. The second kappa shape index (κ2) is 11.5. The van der Waals surface area contributed by atoms with Crippen molar-refractivity contribution in [2.75, 3.05) is 0 Å². The number of alkyl carbamates (subject to hydrolysis) is 1. The molecule has 4 N–H and O–H groups in total. The summed E-state index contributed by atoms with van der Waals surface area (Å²) in [6, 6.07) is 0. The van der Waals surface area contributed by atoms with E-state index in [1.165, 1.54) is 0 Å². The van der Waals surface area contributed by atoms with E-state index in [1.807, 2.05) is 27.7 Å². The van der Waals surface area contributed by atoms with Crippen molar-refractivity contribution in [3.63, 3.8) is 0 Å². The number of ether oxygens (including phenoxy) is 1. The van der Waals surface area contributed by atoms with Gasteiger partial charge in [-0.25, -0.2) is 4.79 Å². The van der Waals surface area contributed by atoms with Gasteiger partial charge in [0, 0.05) is 35.9 Å². The Morgan fingerprint density at radius 1 is 0.625 bits per heavy atom. The number of nitrogens with one attached hydrogen (secondary N) is 3. The third-order valence-electron chi connectivity index (χ3n) is 4.71. The van der Waals surface area contributed by atoms with Gasteiger partial charge in [-0.1, -0.05) is 0 Å². The van der Waals surface area contributed by atoms with E-state index in [9.17, 15) is 19.2 Å². The van der Waals surface area contributed by atoms with Gasteiger partial charge in [0.1, 0.15) is 5.60 Å². The lowest BCUT2D eigenvalue weighted by Crippen LogP contribution is -2.48. The van der Waals surface area contributed by atoms with Crippen LogP contribution < -0.4 is 16.0 Å². The molecule has 0 aromatic rings. The third-order valence-corrected chi connectivity index (χ3v) is 4.71. The number of aliphatic carboxylic acids is 1. The Morgan fingerprint density at radius 2 is 0.969 bits per heavy atom. The summed E-state index contributed by atoms with van der Waals surface area (Å²) < 4.78 is 5.26. The van der Waals surface area contributed by atoms with Gasteiger partial charge in [0.15, 0.2) is 0 Å². The van der Waals surface area contributed by atoms with E-state index in [0.717, 1.165) is 0 Å². The fourth-order valence-corrected chi connectivity index (χ4v) is 2.92. The van der Waals surface area contributed by atoms with Crippen LogP contribution in [0.3, 0.4) is 0 Å². The molecule has 0 spiro atoms. The molecule has 9 heteroatoms. The van der Waals surface area contributed by atoms with Gasteiger partial charge in [-0.2, -0.15) is 0 Å². The van der Waals surface area contributed by atoms with Crippen LogP contribution >= 0.6 is 0 Å². The highest BCUT2D eigenvalue weighted by atomic mass is 16.6. The van der Waals surface area contributed by atoms with Crippen molar-refractivity contribution in [1.29, 1.82) is 0 Å². The SMILES string of the molecule is CC(C)(CCC(=O)O)NC(=O)CCC(C)(C)NC(=O)CCC(C)(C)NC(=O)OC(C)(C)C. The van der Waals surface area contributed by atoms with E-state index < -0.39 is 34.3 Å². The van der Waals surface area contributed by atoms with Crippen LogP contribution in [0.15, 0.2) is 0 Å². The number of carbonyl (C=O) groups is 4. The van der Waals surface area contributed by atoms with Crippen molar-refractivity contribution in [1.82, 2.24) is 16.0 Å². The monoisotopic (exact) mass is 457 g/mol. The first-order valence-electron chi connectivity index (χ1n) is 11.1. The molecule has 0 heterocycles. The van der Waals surface area contributed by atoms with E-state index in [1.54, 1.807) is 34.6 Å². The van der Waals surface area contributed by atoms with E-state index in [2.05, 4.69) is 16.0 Å². The van der Waals surface area contributed by atoms with Gasteiger partial charge in [-0.15, -0.1) is 0 Å². The van der Waals surface area contributed by atoms with Gasteiger partial charge in [0.05, 0.1) is 0 Å². The van der Waals surface area contributed by atoms with Gasteiger partial charge in [-0.3, -0.25) is 14.4 Å². The lowest BCUT2D eigenvalue weighted by atomic mass is 9.94. The van der Waals surface area contributed by atoms with E-state index in [-0.39, 0.29) is 31.1 Å². The maximum Gasteiger partial charge on any atom is 0.408 e. The van der Waals surface area contributed by atoms with Gasteiger partial charge in [0.25, 0.3) is 0 Å². The lowest BCUT2D eigenvalue weighted by Gasteiger charge is -2.30. The zero-order valence-electron chi connectivity index (χ0n) is 21.2. The molecule has 0 radical (unpaired) electrons. The third kappa shape index (κ3) is 15.5. The summed E-state index contributed by atoms with van der Waals surface area (Å²) in [6.45, 7) is 16.3. The predicted octanol–water partition coefficient (Wildman–Crippen LogP) is 3.50. The maximum absolute atomic E-state index is 12.4. The summed E-state index contributed by atoms with van der Waals surface area (Å²) in [5.41, 5.74) is -2.43. The van der Waals surface area contributed by atoms with Crippen LogP contribution in [0, 0.1) is 0 Å². The van der Waals surface area contributed by atoms with Gasteiger partial charge >= 0.3 is 12.1 Å². The Hall–Kier alpha value is -2.32. The first-order chi connectivity index (χ1) is 14.2. The molecule has 0 bridgehead atoms. The molecule has 0 aliphatic carbocycles. The van der Waals surface area contributed by atoms with Gasteiger partial charge in [0.2, 0.25) is 11.8 Å². The van der Waals surface area contributed by atoms with E-state index >= 15 is 0 Å². The van der Waals surface area contributed by atoms with Crippen molar-refractivity contribution < 1.29 is 29.0 Å². The highest BCUT2D eigenvalue weighted by Crippen LogP contribution is 2.17. The molecule has 9 nitrogen and oxygen atoms in total. The fraction of sp³-hybridized carbons (Fsp3) is 0.826. The van der Waals surface area contributed by atoms with Crippen molar-refractivity contribution >= 4 is 23.9 Å². The molecule has 0 atom stereocenters. The predicted molar refractivity (Wildman–Crippen MR) is 123 cm³/mol. The minimum Gasteiger partial charge on any atom is -0.481 e. The molecule has 0 aliphatic rings. The molecule has 0 fully saturated rings. The smallest absolute Gasteiger partial charge is 0.408 e. The van der Waals surface area contributed by atoms with Crippen LogP contribution in [0.1, 0.15) is 101 Å². The molecule has 0 rings (SSSR count). The van der Waals surface area contributed by atoms with Gasteiger partial charge in [-0.05, 0) is 81.6 Å². The van der Waals surface area contributed by atoms with Gasteiger partial charge < -0.3 is 25.8 Å². The maximum atomic E-state index is 12.4. The number of hydrogen-bond donors (Lipinski definition) is 4. The Morgan fingerprint density at radius 3 is 1.31 bits per heavy atom. The number of carbonyl (C=O) groups excluding carboxylic acids is 3. The topological polar surface area (TPSA) is 134 Å². The molecule has 0 aromatic heterocycles. The first kappa shape index (κ1) is 29.7. The molecule has 0 unspecified atom stereocenters. The van der Waals surface area contributed by atoms with Crippen LogP contribution in [0.5, 0.6) is 0 Å². The minimum absolute atomic E-state index is 0.0199. The Kier molecular flexibility index (Phi) is 10.7. The standard InChI is InChI=1S/C23H43N3O6/c1-20(2,3)32-19(31)26-23(8,9)14-11-17(28)24-21(4,5)13-10-16(27)25-22(6,7)15-12-18(29)30/h10-15H2,1-9H3,(H,24,28)(H,25,27)(H,26,31)(H,29,30). The molecule has 0 saturated carbocycles. The van der Waals surface area contributed by atoms with Crippen LogP contribution in [-0.2, 0) is 19.1 Å². The summed E-state index contributed by atoms with van der Waals surface area (Å²) in [4.78, 5) is 47.4. The molecule has 32 heavy (non-hydrogen) atoms. The number of hydrogen-bond acceptors (Lipinski definition) is 5. The second-order valence-corrected chi connectivity index (χ2v) is 11.3.